The van der Waals surface area contributed by atoms with E-state index in [1.54, 1.807) is 0 Å². The van der Waals surface area contributed by atoms with Gasteiger partial charge in [0.2, 0.25) is 5.91 Å². The Bertz CT molecular complexity index is 928. The lowest BCUT2D eigenvalue weighted by molar-refractivity contribution is -0.113. The SMILES string of the molecule is Cc1ccc(NC(=O)CSc2nnc(Cc3cccn3C)n2C)cc1C. The largest absolute Gasteiger partial charge is 0.354 e. The predicted octanol–water partition coefficient (Wildman–Crippen LogP) is 3.09. The van der Waals surface area contributed by atoms with Crippen molar-refractivity contribution in [2.75, 3.05) is 11.1 Å². The highest BCUT2D eigenvalue weighted by Gasteiger charge is 2.13. The molecule has 0 bridgehead atoms. The molecular formula is C19H23N5OS. The molecule has 0 aliphatic carbocycles. The van der Waals surface area contributed by atoms with E-state index in [0.29, 0.717) is 12.2 Å². The van der Waals surface area contributed by atoms with Gasteiger partial charge < -0.3 is 14.5 Å². The van der Waals surface area contributed by atoms with E-state index in [1.165, 1.54) is 23.0 Å². The number of aryl methyl sites for hydroxylation is 3. The first-order valence-electron chi connectivity index (χ1n) is 8.42. The van der Waals surface area contributed by atoms with Crippen molar-refractivity contribution in [1.29, 1.82) is 0 Å². The van der Waals surface area contributed by atoms with Crippen LogP contribution in [0.5, 0.6) is 0 Å². The summed E-state index contributed by atoms with van der Waals surface area (Å²) in [6.45, 7) is 4.09. The number of benzene rings is 1. The number of hydrogen-bond acceptors (Lipinski definition) is 4. The first kappa shape index (κ1) is 18.3. The zero-order chi connectivity index (χ0) is 18.7. The summed E-state index contributed by atoms with van der Waals surface area (Å²) in [4.78, 5) is 12.2. The lowest BCUT2D eigenvalue weighted by atomic mass is 10.1. The van der Waals surface area contributed by atoms with Crippen molar-refractivity contribution in [3.63, 3.8) is 0 Å². The predicted molar refractivity (Wildman–Crippen MR) is 104 cm³/mol. The van der Waals surface area contributed by atoms with Crippen molar-refractivity contribution in [3.05, 3.63) is 59.2 Å². The molecule has 1 amide bonds. The second-order valence-electron chi connectivity index (χ2n) is 6.38. The quantitative estimate of drug-likeness (QED) is 0.678. The van der Waals surface area contributed by atoms with Crippen molar-refractivity contribution in [2.24, 2.45) is 14.1 Å². The first-order chi connectivity index (χ1) is 12.4. The molecule has 0 saturated heterocycles. The van der Waals surface area contributed by atoms with Crippen LogP contribution in [-0.4, -0.2) is 31.0 Å². The minimum atomic E-state index is -0.0507. The molecule has 0 aliphatic heterocycles. The van der Waals surface area contributed by atoms with E-state index in [-0.39, 0.29) is 5.91 Å². The molecule has 1 N–H and O–H groups in total. The van der Waals surface area contributed by atoms with Gasteiger partial charge in [0.1, 0.15) is 5.82 Å². The molecule has 3 rings (SSSR count). The van der Waals surface area contributed by atoms with E-state index >= 15 is 0 Å². The molecule has 0 saturated carbocycles. The van der Waals surface area contributed by atoms with Crippen molar-refractivity contribution in [3.8, 4) is 0 Å². The Labute approximate surface area is 157 Å². The summed E-state index contributed by atoms with van der Waals surface area (Å²) < 4.78 is 4.01. The average molecular weight is 369 g/mol. The van der Waals surface area contributed by atoms with Gasteiger partial charge in [0.25, 0.3) is 0 Å². The zero-order valence-corrected chi connectivity index (χ0v) is 16.3. The number of rotatable bonds is 6. The fraction of sp³-hybridized carbons (Fsp3) is 0.316. The maximum atomic E-state index is 12.2. The van der Waals surface area contributed by atoms with Crippen LogP contribution in [0.2, 0.25) is 0 Å². The molecule has 0 fully saturated rings. The standard InChI is InChI=1S/C19H23N5OS/c1-13-7-8-15(10-14(13)2)20-18(25)12-26-19-22-21-17(24(19)4)11-16-6-5-9-23(16)3/h5-10H,11-12H2,1-4H3,(H,20,25). The van der Waals surface area contributed by atoms with Crippen LogP contribution in [0.3, 0.4) is 0 Å². The highest BCUT2D eigenvalue weighted by atomic mass is 32.2. The molecule has 0 spiro atoms. The van der Waals surface area contributed by atoms with Crippen LogP contribution in [0.15, 0.2) is 41.7 Å². The number of carbonyl (C=O) groups excluding carboxylic acids is 1. The molecule has 0 aliphatic rings. The molecule has 0 unspecified atom stereocenters. The third-order valence-corrected chi connectivity index (χ3v) is 5.46. The Kier molecular flexibility index (Phi) is 5.46. The summed E-state index contributed by atoms with van der Waals surface area (Å²) in [5.41, 5.74) is 4.36. The molecule has 0 atom stereocenters. The fourth-order valence-electron chi connectivity index (χ4n) is 2.61. The van der Waals surface area contributed by atoms with Gasteiger partial charge in [-0.15, -0.1) is 10.2 Å². The second kappa shape index (κ2) is 7.78. The molecule has 0 radical (unpaired) electrons. The lowest BCUT2D eigenvalue weighted by Crippen LogP contribution is -2.14. The fourth-order valence-corrected chi connectivity index (χ4v) is 3.34. The number of amides is 1. The Morgan fingerprint density at radius 2 is 1.96 bits per heavy atom. The Hall–Kier alpha value is -2.54. The van der Waals surface area contributed by atoms with Gasteiger partial charge in [-0.1, -0.05) is 17.8 Å². The minimum Gasteiger partial charge on any atom is -0.354 e. The monoisotopic (exact) mass is 369 g/mol. The smallest absolute Gasteiger partial charge is 0.234 e. The van der Waals surface area contributed by atoms with Gasteiger partial charge in [-0.05, 0) is 49.2 Å². The van der Waals surface area contributed by atoms with Crippen LogP contribution in [0.4, 0.5) is 5.69 Å². The summed E-state index contributed by atoms with van der Waals surface area (Å²) in [5, 5.41) is 12.1. The molecule has 2 aromatic heterocycles. The molecule has 26 heavy (non-hydrogen) atoms. The van der Waals surface area contributed by atoms with E-state index in [1.807, 2.05) is 56.0 Å². The molecule has 2 heterocycles. The van der Waals surface area contributed by atoms with Crippen LogP contribution in [-0.2, 0) is 25.3 Å². The Balaban J connectivity index is 1.58. The number of anilines is 1. The van der Waals surface area contributed by atoms with E-state index in [0.717, 1.165) is 22.2 Å². The maximum Gasteiger partial charge on any atom is 0.234 e. The average Bonchev–Trinajstić information content (AvgIpc) is 3.16. The number of nitrogens with zero attached hydrogens (tertiary/aromatic N) is 4. The lowest BCUT2D eigenvalue weighted by Gasteiger charge is -2.08. The van der Waals surface area contributed by atoms with Crippen LogP contribution in [0.1, 0.15) is 22.6 Å². The van der Waals surface area contributed by atoms with Gasteiger partial charge in [0.15, 0.2) is 5.16 Å². The molecule has 3 aromatic rings. The number of hydrogen-bond donors (Lipinski definition) is 1. The summed E-state index contributed by atoms with van der Waals surface area (Å²) >= 11 is 1.39. The van der Waals surface area contributed by atoms with Gasteiger partial charge in [0.05, 0.1) is 5.75 Å². The van der Waals surface area contributed by atoms with Crippen LogP contribution < -0.4 is 5.32 Å². The highest BCUT2D eigenvalue weighted by molar-refractivity contribution is 7.99. The van der Waals surface area contributed by atoms with Gasteiger partial charge in [-0.3, -0.25) is 4.79 Å². The first-order valence-corrected chi connectivity index (χ1v) is 9.41. The van der Waals surface area contributed by atoms with Crippen LogP contribution in [0.25, 0.3) is 0 Å². The van der Waals surface area contributed by atoms with Crippen LogP contribution >= 0.6 is 11.8 Å². The van der Waals surface area contributed by atoms with Crippen molar-refractivity contribution < 1.29 is 4.79 Å². The van der Waals surface area contributed by atoms with E-state index in [4.69, 9.17) is 0 Å². The summed E-state index contributed by atoms with van der Waals surface area (Å²) in [6, 6.07) is 10.00. The number of thioether (sulfide) groups is 1. The Morgan fingerprint density at radius 1 is 1.15 bits per heavy atom. The highest BCUT2D eigenvalue weighted by Crippen LogP contribution is 2.19. The topological polar surface area (TPSA) is 64.7 Å². The normalized spacial score (nSPS) is 10.9. The van der Waals surface area contributed by atoms with Crippen LogP contribution in [0, 0.1) is 13.8 Å². The summed E-state index contributed by atoms with van der Waals surface area (Å²) in [5.74, 6) is 1.12. The Morgan fingerprint density at radius 3 is 2.65 bits per heavy atom. The minimum absolute atomic E-state index is 0.0507. The van der Waals surface area contributed by atoms with Gasteiger partial charge >= 0.3 is 0 Å². The van der Waals surface area contributed by atoms with Gasteiger partial charge in [0, 0.05) is 38.1 Å². The van der Waals surface area contributed by atoms with E-state index < -0.39 is 0 Å². The zero-order valence-electron chi connectivity index (χ0n) is 15.5. The number of aromatic nitrogens is 4. The van der Waals surface area contributed by atoms with E-state index in [2.05, 4.69) is 33.1 Å². The van der Waals surface area contributed by atoms with Gasteiger partial charge in [-0.25, -0.2) is 0 Å². The number of carbonyl (C=O) groups is 1. The molecule has 136 valence electrons. The molecular weight excluding hydrogens is 346 g/mol. The summed E-state index contributed by atoms with van der Waals surface area (Å²) in [6.07, 6.45) is 2.72. The maximum absolute atomic E-state index is 12.2. The molecule has 7 heteroatoms. The van der Waals surface area contributed by atoms with E-state index in [9.17, 15) is 4.79 Å². The third-order valence-electron chi connectivity index (χ3n) is 4.44. The summed E-state index contributed by atoms with van der Waals surface area (Å²) in [7, 11) is 3.94. The van der Waals surface area contributed by atoms with Gasteiger partial charge in [-0.2, -0.15) is 0 Å². The van der Waals surface area contributed by atoms with Crippen molar-refractivity contribution >= 4 is 23.4 Å². The van der Waals surface area contributed by atoms with Crippen molar-refractivity contribution in [2.45, 2.75) is 25.4 Å². The number of nitrogens with one attached hydrogen (secondary N) is 1. The third kappa shape index (κ3) is 4.16. The molecule has 1 aromatic carbocycles. The molecule has 6 nitrogen and oxygen atoms in total. The van der Waals surface area contributed by atoms with Crippen molar-refractivity contribution in [1.82, 2.24) is 19.3 Å². The second-order valence-corrected chi connectivity index (χ2v) is 7.32.